The summed E-state index contributed by atoms with van der Waals surface area (Å²) >= 11 is 0. The van der Waals surface area contributed by atoms with Crippen LogP contribution in [0.2, 0.25) is 0 Å². The Morgan fingerprint density at radius 3 is 2.73 bits per heavy atom. The van der Waals surface area contributed by atoms with Crippen LogP contribution in [0.15, 0.2) is 0 Å². The minimum Gasteiger partial charge on any atom is -0.377 e. The van der Waals surface area contributed by atoms with Crippen LogP contribution in [-0.4, -0.2) is 59.2 Å². The van der Waals surface area contributed by atoms with E-state index in [0.29, 0.717) is 11.8 Å². The minimum absolute atomic E-state index is 0.0881. The first-order chi connectivity index (χ1) is 12.7. The smallest absolute Gasteiger partial charge is 0.270 e. The second-order valence-corrected chi connectivity index (χ2v) is 7.75. The number of hydrogen-bond donors (Lipinski definition) is 2. The van der Waals surface area contributed by atoms with Crippen LogP contribution < -0.4 is 11.1 Å². The normalized spacial score (nSPS) is 24.4. The largest absolute Gasteiger partial charge is 0.377 e. The number of likely N-dealkylation sites (tertiary alicyclic amines) is 1. The molecule has 1 aliphatic carbocycles. The predicted molar refractivity (Wildman–Crippen MR) is 99.0 cm³/mol. The summed E-state index contributed by atoms with van der Waals surface area (Å²) < 4.78 is 5.73. The molecule has 1 aromatic rings. The molecule has 3 N–H and O–H groups in total. The van der Waals surface area contributed by atoms with Gasteiger partial charge in [-0.3, -0.25) is 4.79 Å². The molecule has 0 radical (unpaired) electrons. The van der Waals surface area contributed by atoms with E-state index in [1.807, 2.05) is 0 Å². The Bertz CT molecular complexity index is 652. The molecular formula is C19H29N5O2. The van der Waals surface area contributed by atoms with E-state index in [2.05, 4.69) is 20.2 Å². The first-order valence-electron chi connectivity index (χ1n) is 9.99. The molecule has 1 aromatic heterocycles. The molecule has 2 saturated heterocycles. The SMILES string of the molecule is Nc1nc2c(c(C(=O)NC3CCN(C[C@H]4CCCO4)CC3)n1)CCCC2. The standard InChI is InChI=1S/C19H29N5O2/c20-19-22-16-6-2-1-5-15(16)17(23-19)18(25)21-13-7-9-24(10-8-13)12-14-4-3-11-26-14/h13-14H,1-12H2,(H,21,25)(H2,20,22,23)/t14-/m1/s1. The fourth-order valence-corrected chi connectivity index (χ4v) is 4.39. The molecule has 2 fully saturated rings. The van der Waals surface area contributed by atoms with Crippen molar-refractivity contribution in [3.63, 3.8) is 0 Å². The second kappa shape index (κ2) is 7.88. The van der Waals surface area contributed by atoms with Gasteiger partial charge < -0.3 is 20.7 Å². The Morgan fingerprint density at radius 2 is 1.96 bits per heavy atom. The third-order valence-electron chi connectivity index (χ3n) is 5.82. The number of nitrogen functional groups attached to an aromatic ring is 1. The Kier molecular flexibility index (Phi) is 5.36. The zero-order valence-electron chi connectivity index (χ0n) is 15.4. The van der Waals surface area contributed by atoms with Crippen molar-refractivity contribution >= 4 is 11.9 Å². The van der Waals surface area contributed by atoms with E-state index >= 15 is 0 Å². The monoisotopic (exact) mass is 359 g/mol. The summed E-state index contributed by atoms with van der Waals surface area (Å²) in [6.45, 7) is 3.95. The summed E-state index contributed by atoms with van der Waals surface area (Å²) in [5, 5.41) is 3.18. The second-order valence-electron chi connectivity index (χ2n) is 7.75. The molecule has 2 aliphatic heterocycles. The van der Waals surface area contributed by atoms with Crippen LogP contribution in [0.3, 0.4) is 0 Å². The number of amides is 1. The summed E-state index contributed by atoms with van der Waals surface area (Å²) in [7, 11) is 0. The van der Waals surface area contributed by atoms with Gasteiger partial charge >= 0.3 is 0 Å². The molecule has 3 heterocycles. The molecule has 0 spiro atoms. The third-order valence-corrected chi connectivity index (χ3v) is 5.82. The highest BCUT2D eigenvalue weighted by Crippen LogP contribution is 2.23. The Hall–Kier alpha value is -1.73. The van der Waals surface area contributed by atoms with Crippen LogP contribution in [0.1, 0.15) is 60.3 Å². The predicted octanol–water partition coefficient (Wildman–Crippen LogP) is 1.31. The number of ether oxygens (including phenoxy) is 1. The van der Waals surface area contributed by atoms with Crippen molar-refractivity contribution in [3.8, 4) is 0 Å². The van der Waals surface area contributed by atoms with E-state index in [9.17, 15) is 4.79 Å². The number of nitrogens with two attached hydrogens (primary N) is 1. The first-order valence-corrected chi connectivity index (χ1v) is 9.99. The van der Waals surface area contributed by atoms with E-state index in [4.69, 9.17) is 10.5 Å². The molecule has 0 unspecified atom stereocenters. The zero-order chi connectivity index (χ0) is 17.9. The minimum atomic E-state index is -0.0881. The van der Waals surface area contributed by atoms with Gasteiger partial charge in [-0.1, -0.05) is 0 Å². The lowest BCUT2D eigenvalue weighted by Crippen LogP contribution is -2.46. The number of nitrogens with one attached hydrogen (secondary N) is 1. The van der Waals surface area contributed by atoms with Crippen LogP contribution in [0.25, 0.3) is 0 Å². The van der Waals surface area contributed by atoms with Gasteiger partial charge in [0, 0.05) is 43.5 Å². The number of nitrogens with zero attached hydrogens (tertiary/aromatic N) is 3. The topological polar surface area (TPSA) is 93.4 Å². The van der Waals surface area contributed by atoms with Crippen molar-refractivity contribution in [1.29, 1.82) is 0 Å². The van der Waals surface area contributed by atoms with Gasteiger partial charge in [-0.25, -0.2) is 9.97 Å². The molecule has 26 heavy (non-hydrogen) atoms. The van der Waals surface area contributed by atoms with Crippen LogP contribution >= 0.6 is 0 Å². The molecule has 1 amide bonds. The summed E-state index contributed by atoms with van der Waals surface area (Å²) in [5.41, 5.74) is 8.28. The maximum atomic E-state index is 12.8. The van der Waals surface area contributed by atoms with Gasteiger partial charge in [0.1, 0.15) is 5.69 Å². The highest BCUT2D eigenvalue weighted by molar-refractivity contribution is 5.94. The molecule has 142 valence electrons. The first kappa shape index (κ1) is 17.7. The average Bonchev–Trinajstić information content (AvgIpc) is 3.15. The van der Waals surface area contributed by atoms with E-state index in [0.717, 1.165) is 76.0 Å². The van der Waals surface area contributed by atoms with Gasteiger partial charge in [-0.2, -0.15) is 0 Å². The molecule has 1 atom stereocenters. The van der Waals surface area contributed by atoms with Crippen LogP contribution in [-0.2, 0) is 17.6 Å². The summed E-state index contributed by atoms with van der Waals surface area (Å²) in [5.74, 6) is 0.122. The number of fused-ring (bicyclic) bond motifs is 1. The molecule has 7 nitrogen and oxygen atoms in total. The lowest BCUT2D eigenvalue weighted by molar-refractivity contribution is 0.0612. The highest BCUT2D eigenvalue weighted by Gasteiger charge is 2.27. The van der Waals surface area contributed by atoms with Crippen molar-refractivity contribution in [2.24, 2.45) is 0 Å². The fraction of sp³-hybridized carbons (Fsp3) is 0.737. The number of carbonyl (C=O) groups is 1. The Morgan fingerprint density at radius 1 is 1.15 bits per heavy atom. The quantitative estimate of drug-likeness (QED) is 0.842. The molecule has 0 aromatic carbocycles. The van der Waals surface area contributed by atoms with Gasteiger partial charge in [0.2, 0.25) is 5.95 Å². The van der Waals surface area contributed by atoms with Crippen molar-refractivity contribution in [2.45, 2.75) is 63.5 Å². The third kappa shape index (κ3) is 3.99. The average molecular weight is 359 g/mol. The van der Waals surface area contributed by atoms with Crippen LogP contribution in [0.5, 0.6) is 0 Å². The summed E-state index contributed by atoms with van der Waals surface area (Å²) in [6.07, 6.45) is 8.66. The van der Waals surface area contributed by atoms with Gasteiger partial charge in [0.25, 0.3) is 5.91 Å². The molecule has 4 rings (SSSR count). The lowest BCUT2D eigenvalue weighted by Gasteiger charge is -2.33. The summed E-state index contributed by atoms with van der Waals surface area (Å²) in [6, 6.07) is 0.207. The van der Waals surface area contributed by atoms with E-state index in [-0.39, 0.29) is 17.9 Å². The number of piperidine rings is 1. The molecule has 0 bridgehead atoms. The maximum Gasteiger partial charge on any atom is 0.270 e. The number of carbonyl (C=O) groups excluding carboxylic acids is 1. The molecular weight excluding hydrogens is 330 g/mol. The van der Waals surface area contributed by atoms with E-state index in [1.165, 1.54) is 12.8 Å². The van der Waals surface area contributed by atoms with Gasteiger partial charge in [-0.15, -0.1) is 0 Å². The van der Waals surface area contributed by atoms with Crippen molar-refractivity contribution in [2.75, 3.05) is 32.0 Å². The molecule has 0 saturated carbocycles. The van der Waals surface area contributed by atoms with Crippen LogP contribution in [0.4, 0.5) is 5.95 Å². The molecule has 3 aliphatic rings. The fourth-order valence-electron chi connectivity index (χ4n) is 4.39. The van der Waals surface area contributed by atoms with E-state index in [1.54, 1.807) is 0 Å². The number of anilines is 1. The number of aromatic nitrogens is 2. The highest BCUT2D eigenvalue weighted by atomic mass is 16.5. The molecule has 7 heteroatoms. The Balaban J connectivity index is 1.34. The van der Waals surface area contributed by atoms with Crippen molar-refractivity contribution in [3.05, 3.63) is 17.0 Å². The van der Waals surface area contributed by atoms with Gasteiger partial charge in [0.15, 0.2) is 0 Å². The number of rotatable bonds is 4. The number of aryl methyl sites for hydroxylation is 1. The zero-order valence-corrected chi connectivity index (χ0v) is 15.4. The van der Waals surface area contributed by atoms with Crippen molar-refractivity contribution < 1.29 is 9.53 Å². The maximum absolute atomic E-state index is 12.8. The lowest BCUT2D eigenvalue weighted by atomic mass is 9.94. The van der Waals surface area contributed by atoms with Crippen LogP contribution in [0, 0.1) is 0 Å². The van der Waals surface area contributed by atoms with Gasteiger partial charge in [0.05, 0.1) is 6.10 Å². The summed E-state index contributed by atoms with van der Waals surface area (Å²) in [4.78, 5) is 23.9. The number of hydrogen-bond acceptors (Lipinski definition) is 6. The van der Waals surface area contributed by atoms with Gasteiger partial charge in [-0.05, 0) is 51.4 Å². The van der Waals surface area contributed by atoms with E-state index < -0.39 is 0 Å². The van der Waals surface area contributed by atoms with Crippen molar-refractivity contribution in [1.82, 2.24) is 20.2 Å². The Labute approximate surface area is 154 Å².